The van der Waals surface area contributed by atoms with Gasteiger partial charge in [0.1, 0.15) is 12.2 Å². The molecule has 1 aromatic carbocycles. The molecule has 0 amide bonds. The van der Waals surface area contributed by atoms with E-state index >= 15 is 0 Å². The second-order valence-corrected chi connectivity index (χ2v) is 5.25. The molecular weight excluding hydrogens is 284 g/mol. The molecule has 0 N–H and O–H groups in total. The maximum absolute atomic E-state index is 11.4. The third kappa shape index (κ3) is 2.19. The average Bonchev–Trinajstić information content (AvgIpc) is 2.80. The number of rotatable bonds is 3. The minimum absolute atomic E-state index is 0.0623. The Morgan fingerprint density at radius 2 is 1.82 bits per heavy atom. The zero-order valence-corrected chi connectivity index (χ0v) is 12.4. The summed E-state index contributed by atoms with van der Waals surface area (Å²) < 4.78 is 16.9. The highest BCUT2D eigenvalue weighted by Gasteiger charge is 2.53. The number of hydrogen-bond acceptors (Lipinski definition) is 5. The highest BCUT2D eigenvalue weighted by Crippen LogP contribution is 2.50. The maximum atomic E-state index is 11.4. The number of benzene rings is 1. The van der Waals surface area contributed by atoms with E-state index in [0.717, 1.165) is 11.1 Å². The molecule has 3 rings (SSSR count). The molecule has 1 aliphatic heterocycles. The van der Waals surface area contributed by atoms with Crippen molar-refractivity contribution < 1.29 is 23.8 Å². The van der Waals surface area contributed by atoms with E-state index in [2.05, 4.69) is 0 Å². The van der Waals surface area contributed by atoms with Gasteiger partial charge in [0.15, 0.2) is 5.78 Å². The number of hydrogen-bond donors (Lipinski definition) is 0. The van der Waals surface area contributed by atoms with Crippen LogP contribution in [0.25, 0.3) is 0 Å². The van der Waals surface area contributed by atoms with Crippen LogP contribution in [0, 0.1) is 0 Å². The van der Waals surface area contributed by atoms with Crippen LogP contribution in [0.3, 0.4) is 0 Å². The van der Waals surface area contributed by atoms with Gasteiger partial charge in [-0.05, 0) is 24.3 Å². The van der Waals surface area contributed by atoms with Crippen molar-refractivity contribution in [2.45, 2.75) is 18.3 Å². The monoisotopic (exact) mass is 300 g/mol. The van der Waals surface area contributed by atoms with Crippen LogP contribution in [0.2, 0.25) is 0 Å². The predicted molar refractivity (Wildman–Crippen MR) is 77.8 cm³/mol. The number of carbonyl (C=O) groups excluding carboxylic acids is 2. The molecule has 0 saturated carbocycles. The summed E-state index contributed by atoms with van der Waals surface area (Å²) >= 11 is 0. The predicted octanol–water partition coefficient (Wildman–Crippen LogP) is 1.97. The van der Waals surface area contributed by atoms with E-state index in [1.807, 2.05) is 24.3 Å². The van der Waals surface area contributed by atoms with Crippen LogP contribution in [-0.2, 0) is 35.2 Å². The van der Waals surface area contributed by atoms with Gasteiger partial charge in [-0.1, -0.05) is 24.3 Å². The molecular formula is C17H16O5. The number of esters is 1. The zero-order chi connectivity index (χ0) is 15.8. The van der Waals surface area contributed by atoms with Crippen LogP contribution in [-0.4, -0.2) is 25.5 Å². The van der Waals surface area contributed by atoms with E-state index in [4.69, 9.17) is 14.2 Å². The Bertz CT molecular complexity index is 672. The second-order valence-electron chi connectivity index (χ2n) is 5.25. The summed E-state index contributed by atoms with van der Waals surface area (Å²) in [5.74, 6) is -1.71. The first-order valence-corrected chi connectivity index (χ1v) is 6.92. The lowest BCUT2D eigenvalue weighted by Crippen LogP contribution is -2.37. The number of ketones is 1. The van der Waals surface area contributed by atoms with Gasteiger partial charge in [0, 0.05) is 25.2 Å². The molecule has 0 bridgehead atoms. The smallest absolute Gasteiger partial charge is 0.302 e. The molecule has 1 unspecified atom stereocenters. The van der Waals surface area contributed by atoms with Crippen LogP contribution in [0.5, 0.6) is 0 Å². The van der Waals surface area contributed by atoms with Gasteiger partial charge in [-0.15, -0.1) is 0 Å². The van der Waals surface area contributed by atoms with Crippen molar-refractivity contribution in [1.82, 2.24) is 0 Å². The fourth-order valence-electron chi connectivity index (χ4n) is 2.82. The van der Waals surface area contributed by atoms with Crippen LogP contribution in [0.15, 0.2) is 48.6 Å². The molecule has 0 radical (unpaired) electrons. The Morgan fingerprint density at radius 3 is 2.41 bits per heavy atom. The zero-order valence-electron chi connectivity index (χ0n) is 12.4. The van der Waals surface area contributed by atoms with E-state index < -0.39 is 17.4 Å². The highest BCUT2D eigenvalue weighted by atomic mass is 16.7. The largest absolute Gasteiger partial charge is 0.460 e. The van der Waals surface area contributed by atoms with Crippen molar-refractivity contribution in [3.8, 4) is 0 Å². The van der Waals surface area contributed by atoms with E-state index in [-0.39, 0.29) is 12.4 Å². The molecule has 2 aliphatic rings. The molecule has 5 heteroatoms. The van der Waals surface area contributed by atoms with Crippen molar-refractivity contribution in [3.63, 3.8) is 0 Å². The van der Waals surface area contributed by atoms with E-state index in [1.165, 1.54) is 26.2 Å². The standard InChI is InChI=1S/C17H16O5/c1-12(18)21-11-17(20-2)15-6-4-3-5-14(15)16(22-17)9-7-13(19)8-10-16/h3-10H,11H2,1-2H3. The molecule has 1 heterocycles. The van der Waals surface area contributed by atoms with E-state index in [1.54, 1.807) is 12.2 Å². The van der Waals surface area contributed by atoms with Gasteiger partial charge < -0.3 is 14.2 Å². The van der Waals surface area contributed by atoms with Crippen molar-refractivity contribution in [2.24, 2.45) is 0 Å². The Kier molecular flexibility index (Phi) is 3.47. The molecule has 1 aromatic rings. The normalized spacial score (nSPS) is 24.5. The number of carbonyl (C=O) groups is 2. The minimum Gasteiger partial charge on any atom is -0.460 e. The fourth-order valence-corrected chi connectivity index (χ4v) is 2.82. The van der Waals surface area contributed by atoms with E-state index in [9.17, 15) is 9.59 Å². The van der Waals surface area contributed by atoms with Gasteiger partial charge in [-0.2, -0.15) is 0 Å². The van der Waals surface area contributed by atoms with Crippen LogP contribution >= 0.6 is 0 Å². The summed E-state index contributed by atoms with van der Waals surface area (Å²) in [6, 6.07) is 7.54. The summed E-state index contributed by atoms with van der Waals surface area (Å²) in [4.78, 5) is 22.6. The molecule has 0 aromatic heterocycles. The summed E-state index contributed by atoms with van der Waals surface area (Å²) in [5, 5.41) is 0. The average molecular weight is 300 g/mol. The molecule has 5 nitrogen and oxygen atoms in total. The second kappa shape index (κ2) is 5.19. The molecule has 1 aliphatic carbocycles. The summed E-state index contributed by atoms with van der Waals surface area (Å²) in [5.41, 5.74) is 0.757. The Labute approximate surface area is 128 Å². The summed E-state index contributed by atoms with van der Waals surface area (Å²) in [6.45, 7) is 1.27. The molecule has 114 valence electrons. The quantitative estimate of drug-likeness (QED) is 0.799. The molecule has 1 atom stereocenters. The lowest BCUT2D eigenvalue weighted by molar-refractivity contribution is -0.271. The van der Waals surface area contributed by atoms with Gasteiger partial charge >= 0.3 is 5.97 Å². The summed E-state index contributed by atoms with van der Waals surface area (Å²) in [7, 11) is 1.50. The number of ether oxygens (including phenoxy) is 3. The third-order valence-corrected chi connectivity index (χ3v) is 3.88. The topological polar surface area (TPSA) is 61.8 Å². The SMILES string of the molecule is COC1(COC(C)=O)OC2(C=CC(=O)C=C2)c2ccccc21. The van der Waals surface area contributed by atoms with Crippen LogP contribution in [0.4, 0.5) is 0 Å². The van der Waals surface area contributed by atoms with Gasteiger partial charge in [-0.25, -0.2) is 0 Å². The Hall–Kier alpha value is -2.24. The summed E-state index contributed by atoms with van der Waals surface area (Å²) in [6.07, 6.45) is 6.33. The number of allylic oxidation sites excluding steroid dienone is 2. The highest BCUT2D eigenvalue weighted by molar-refractivity contribution is 6.00. The fraction of sp³-hybridized carbons (Fsp3) is 0.294. The number of methoxy groups -OCH3 is 1. The van der Waals surface area contributed by atoms with Crippen molar-refractivity contribution in [1.29, 1.82) is 0 Å². The van der Waals surface area contributed by atoms with Crippen LogP contribution < -0.4 is 0 Å². The first-order chi connectivity index (χ1) is 10.5. The number of fused-ring (bicyclic) bond motifs is 2. The minimum atomic E-state index is -1.20. The van der Waals surface area contributed by atoms with E-state index in [0.29, 0.717) is 0 Å². The van der Waals surface area contributed by atoms with Gasteiger partial charge in [0.2, 0.25) is 5.79 Å². The first kappa shape index (κ1) is 14.7. The lowest BCUT2D eigenvalue weighted by atomic mass is 9.87. The molecule has 0 fully saturated rings. The lowest BCUT2D eigenvalue weighted by Gasteiger charge is -2.31. The van der Waals surface area contributed by atoms with Crippen molar-refractivity contribution in [3.05, 3.63) is 59.7 Å². The van der Waals surface area contributed by atoms with Crippen molar-refractivity contribution >= 4 is 11.8 Å². The van der Waals surface area contributed by atoms with Crippen LogP contribution in [0.1, 0.15) is 18.1 Å². The van der Waals surface area contributed by atoms with Gasteiger partial charge in [-0.3, -0.25) is 9.59 Å². The molecule has 1 spiro atoms. The van der Waals surface area contributed by atoms with Crippen molar-refractivity contribution in [2.75, 3.05) is 13.7 Å². The third-order valence-electron chi connectivity index (χ3n) is 3.88. The van der Waals surface area contributed by atoms with Gasteiger partial charge in [0.05, 0.1) is 0 Å². The van der Waals surface area contributed by atoms with Gasteiger partial charge in [0.25, 0.3) is 0 Å². The first-order valence-electron chi connectivity index (χ1n) is 6.92. The Balaban J connectivity index is 2.09. The molecule has 0 saturated heterocycles. The maximum Gasteiger partial charge on any atom is 0.302 e. The molecule has 22 heavy (non-hydrogen) atoms. The Morgan fingerprint density at radius 1 is 1.18 bits per heavy atom.